The number of hydrogen-bond acceptors (Lipinski definition) is 4. The topological polar surface area (TPSA) is 49.6 Å². The molecule has 0 N–H and O–H groups in total. The van der Waals surface area contributed by atoms with Gasteiger partial charge in [0, 0.05) is 31.6 Å². The summed E-state index contributed by atoms with van der Waals surface area (Å²) in [5.74, 6) is 0.521. The Bertz CT molecular complexity index is 694. The summed E-state index contributed by atoms with van der Waals surface area (Å²) >= 11 is 0. The highest BCUT2D eigenvalue weighted by Gasteiger charge is 2.33. The Morgan fingerprint density at radius 3 is 2.60 bits per heavy atom. The molecule has 1 saturated heterocycles. The van der Waals surface area contributed by atoms with E-state index in [0.29, 0.717) is 18.0 Å². The standard InChI is InChI=1S/C20H27N3O2/c1-2-23(16-7-3-4-8-16)19(24)15-11-13-22(14-12-15)20-21-17-9-5-6-10-18(17)25-20/h5-6,9-10,15-16H,2-4,7-8,11-14H2,1H3. The molecule has 2 heterocycles. The number of amides is 1. The molecule has 1 saturated carbocycles. The minimum Gasteiger partial charge on any atom is -0.423 e. The summed E-state index contributed by atoms with van der Waals surface area (Å²) in [7, 11) is 0. The second-order valence-electron chi connectivity index (χ2n) is 7.29. The van der Waals surface area contributed by atoms with Crippen molar-refractivity contribution in [1.29, 1.82) is 0 Å². The van der Waals surface area contributed by atoms with E-state index in [1.54, 1.807) is 0 Å². The lowest BCUT2D eigenvalue weighted by Crippen LogP contribution is -2.46. The Kier molecular flexibility index (Phi) is 4.64. The van der Waals surface area contributed by atoms with Gasteiger partial charge in [-0.3, -0.25) is 4.79 Å². The second-order valence-corrected chi connectivity index (χ2v) is 7.29. The minimum absolute atomic E-state index is 0.154. The van der Waals surface area contributed by atoms with E-state index >= 15 is 0 Å². The van der Waals surface area contributed by atoms with Gasteiger partial charge in [0.05, 0.1) is 0 Å². The molecule has 0 atom stereocenters. The highest BCUT2D eigenvalue weighted by atomic mass is 16.4. The number of carbonyl (C=O) groups is 1. The quantitative estimate of drug-likeness (QED) is 0.848. The summed E-state index contributed by atoms with van der Waals surface area (Å²) in [6, 6.07) is 9.03. The summed E-state index contributed by atoms with van der Waals surface area (Å²) in [6.07, 6.45) is 6.68. The second kappa shape index (κ2) is 7.06. The maximum absolute atomic E-state index is 13.0. The first-order valence-corrected chi connectivity index (χ1v) is 9.67. The molecule has 5 heteroatoms. The number of oxazole rings is 1. The number of piperidine rings is 1. The molecule has 1 aromatic carbocycles. The lowest BCUT2D eigenvalue weighted by Gasteiger charge is -2.35. The SMILES string of the molecule is CCN(C(=O)C1CCN(c2nc3ccccc3o2)CC1)C1CCCC1. The Hall–Kier alpha value is -2.04. The van der Waals surface area contributed by atoms with Crippen LogP contribution in [0.3, 0.4) is 0 Å². The van der Waals surface area contributed by atoms with Gasteiger partial charge < -0.3 is 14.2 Å². The first-order valence-electron chi connectivity index (χ1n) is 9.67. The van der Waals surface area contributed by atoms with Crippen LogP contribution in [0.2, 0.25) is 0 Å². The Balaban J connectivity index is 1.39. The zero-order valence-electron chi connectivity index (χ0n) is 15.0. The van der Waals surface area contributed by atoms with Crippen molar-refractivity contribution in [2.24, 2.45) is 5.92 Å². The summed E-state index contributed by atoms with van der Waals surface area (Å²) in [5.41, 5.74) is 1.73. The largest absolute Gasteiger partial charge is 0.423 e. The molecular formula is C20H27N3O2. The van der Waals surface area contributed by atoms with E-state index in [9.17, 15) is 4.79 Å². The van der Waals surface area contributed by atoms with E-state index in [2.05, 4.69) is 21.7 Å². The minimum atomic E-state index is 0.154. The highest BCUT2D eigenvalue weighted by molar-refractivity contribution is 5.79. The van der Waals surface area contributed by atoms with Gasteiger partial charge in [-0.15, -0.1) is 0 Å². The number of benzene rings is 1. The Labute approximate surface area is 149 Å². The number of fused-ring (bicyclic) bond motifs is 1. The predicted molar refractivity (Wildman–Crippen MR) is 98.6 cm³/mol. The lowest BCUT2D eigenvalue weighted by atomic mass is 9.94. The predicted octanol–water partition coefficient (Wildman–Crippen LogP) is 3.84. The molecule has 0 spiro atoms. The molecule has 4 rings (SSSR count). The van der Waals surface area contributed by atoms with Crippen molar-refractivity contribution in [2.75, 3.05) is 24.5 Å². The van der Waals surface area contributed by atoms with Gasteiger partial charge in [0.15, 0.2) is 5.58 Å². The normalized spacial score (nSPS) is 19.6. The first kappa shape index (κ1) is 16.4. The average Bonchev–Trinajstić information content (AvgIpc) is 3.32. The van der Waals surface area contributed by atoms with Gasteiger partial charge in [0.25, 0.3) is 6.01 Å². The Morgan fingerprint density at radius 1 is 1.20 bits per heavy atom. The van der Waals surface area contributed by atoms with Gasteiger partial charge in [-0.2, -0.15) is 4.98 Å². The third kappa shape index (κ3) is 3.24. The fraction of sp³-hybridized carbons (Fsp3) is 0.600. The van der Waals surface area contributed by atoms with Crippen molar-refractivity contribution >= 4 is 23.0 Å². The average molecular weight is 341 g/mol. The molecule has 1 amide bonds. The third-order valence-corrected chi connectivity index (χ3v) is 5.79. The summed E-state index contributed by atoms with van der Waals surface area (Å²) in [5, 5.41) is 0. The molecule has 0 radical (unpaired) electrons. The molecule has 2 aromatic rings. The first-order chi connectivity index (χ1) is 12.3. The molecule has 1 aromatic heterocycles. The van der Waals surface area contributed by atoms with Crippen molar-refractivity contribution in [2.45, 2.75) is 51.5 Å². The fourth-order valence-electron chi connectivity index (χ4n) is 4.36. The van der Waals surface area contributed by atoms with Crippen LogP contribution in [0.4, 0.5) is 6.01 Å². The molecule has 0 unspecified atom stereocenters. The number of aromatic nitrogens is 1. The molecule has 5 nitrogen and oxygen atoms in total. The number of anilines is 1. The van der Waals surface area contributed by atoms with Gasteiger partial charge in [0.2, 0.25) is 5.91 Å². The van der Waals surface area contributed by atoms with Crippen LogP contribution in [-0.4, -0.2) is 41.5 Å². The smallest absolute Gasteiger partial charge is 0.298 e. The van der Waals surface area contributed by atoms with Crippen molar-refractivity contribution in [3.8, 4) is 0 Å². The summed E-state index contributed by atoms with van der Waals surface area (Å²) in [6.45, 7) is 4.63. The van der Waals surface area contributed by atoms with Gasteiger partial charge in [-0.1, -0.05) is 25.0 Å². The molecule has 134 valence electrons. The zero-order chi connectivity index (χ0) is 17.2. The van der Waals surface area contributed by atoms with Crippen LogP contribution in [0, 0.1) is 5.92 Å². The summed E-state index contributed by atoms with van der Waals surface area (Å²) in [4.78, 5) is 21.9. The Morgan fingerprint density at radius 2 is 1.92 bits per heavy atom. The maximum Gasteiger partial charge on any atom is 0.298 e. The van der Waals surface area contributed by atoms with Gasteiger partial charge in [-0.05, 0) is 44.7 Å². The molecule has 1 aliphatic heterocycles. The van der Waals surface area contributed by atoms with Crippen molar-refractivity contribution in [3.63, 3.8) is 0 Å². The molecule has 1 aliphatic carbocycles. The molecule has 2 fully saturated rings. The van der Waals surface area contributed by atoms with Crippen molar-refractivity contribution in [3.05, 3.63) is 24.3 Å². The van der Waals surface area contributed by atoms with Crippen molar-refractivity contribution < 1.29 is 9.21 Å². The fourth-order valence-corrected chi connectivity index (χ4v) is 4.36. The molecular weight excluding hydrogens is 314 g/mol. The van der Waals surface area contributed by atoms with E-state index < -0.39 is 0 Å². The monoisotopic (exact) mass is 341 g/mol. The zero-order valence-corrected chi connectivity index (χ0v) is 15.0. The molecule has 0 bridgehead atoms. The summed E-state index contributed by atoms with van der Waals surface area (Å²) < 4.78 is 5.87. The third-order valence-electron chi connectivity index (χ3n) is 5.79. The van der Waals surface area contributed by atoms with Crippen LogP contribution in [-0.2, 0) is 4.79 Å². The molecule has 2 aliphatic rings. The van der Waals surface area contributed by atoms with Crippen LogP contribution in [0.25, 0.3) is 11.1 Å². The van der Waals surface area contributed by atoms with E-state index in [1.807, 2.05) is 24.3 Å². The van der Waals surface area contributed by atoms with E-state index in [-0.39, 0.29) is 5.92 Å². The van der Waals surface area contributed by atoms with Crippen LogP contribution in [0.5, 0.6) is 0 Å². The van der Waals surface area contributed by atoms with Gasteiger partial charge in [0.1, 0.15) is 5.52 Å². The molecule has 25 heavy (non-hydrogen) atoms. The van der Waals surface area contributed by atoms with E-state index in [0.717, 1.165) is 43.6 Å². The number of rotatable bonds is 4. The number of para-hydroxylation sites is 2. The maximum atomic E-state index is 13.0. The van der Waals surface area contributed by atoms with Crippen LogP contribution in [0.15, 0.2) is 28.7 Å². The van der Waals surface area contributed by atoms with E-state index in [1.165, 1.54) is 25.7 Å². The highest BCUT2D eigenvalue weighted by Crippen LogP contribution is 2.29. The van der Waals surface area contributed by atoms with Crippen LogP contribution >= 0.6 is 0 Å². The number of carbonyl (C=O) groups excluding carboxylic acids is 1. The van der Waals surface area contributed by atoms with Crippen LogP contribution < -0.4 is 4.90 Å². The van der Waals surface area contributed by atoms with Crippen molar-refractivity contribution in [1.82, 2.24) is 9.88 Å². The van der Waals surface area contributed by atoms with E-state index in [4.69, 9.17) is 4.42 Å². The number of nitrogens with zero attached hydrogens (tertiary/aromatic N) is 3. The van der Waals surface area contributed by atoms with Gasteiger partial charge >= 0.3 is 0 Å². The lowest BCUT2D eigenvalue weighted by molar-refractivity contribution is -0.138. The number of hydrogen-bond donors (Lipinski definition) is 0. The van der Waals surface area contributed by atoms with Gasteiger partial charge in [-0.25, -0.2) is 0 Å². The van der Waals surface area contributed by atoms with Crippen LogP contribution in [0.1, 0.15) is 45.4 Å².